The molecule has 1 heterocycles. The van der Waals surface area contributed by atoms with Gasteiger partial charge in [-0.1, -0.05) is 11.6 Å². The molecule has 19 heavy (non-hydrogen) atoms. The van der Waals surface area contributed by atoms with E-state index in [9.17, 15) is 10.1 Å². The van der Waals surface area contributed by atoms with Crippen LogP contribution in [0.5, 0.6) is 0 Å². The maximum Gasteiger partial charge on any atom is 0.289 e. The number of aromatic nitrogens is 1. The number of fused-ring (bicyclic) bond motifs is 5. The molecule has 0 radical (unpaired) electrons. The number of nitrogens with one attached hydrogen (secondary N) is 1. The normalized spacial score (nSPS) is 38.1. The van der Waals surface area contributed by atoms with Gasteiger partial charge in [0.25, 0.3) is 5.69 Å². The molecule has 4 rings (SSSR count). The van der Waals surface area contributed by atoms with Crippen LogP contribution in [0.4, 0.5) is 11.5 Å². The first-order chi connectivity index (χ1) is 9.15. The van der Waals surface area contributed by atoms with Crippen molar-refractivity contribution < 1.29 is 4.92 Å². The van der Waals surface area contributed by atoms with Gasteiger partial charge in [-0.05, 0) is 42.9 Å². The van der Waals surface area contributed by atoms with E-state index in [1.54, 1.807) is 0 Å². The molecule has 3 saturated carbocycles. The van der Waals surface area contributed by atoms with Crippen LogP contribution in [0, 0.1) is 33.8 Å². The third-order valence-electron chi connectivity index (χ3n) is 5.08. The number of halogens is 1. The highest BCUT2D eigenvalue weighted by Gasteiger charge is 2.65. The molecule has 1 aromatic heterocycles. The minimum Gasteiger partial charge on any atom is -0.365 e. The summed E-state index contributed by atoms with van der Waals surface area (Å²) in [5.41, 5.74) is -0.0633. The number of pyridine rings is 1. The van der Waals surface area contributed by atoms with Gasteiger partial charge in [0.15, 0.2) is 0 Å². The van der Waals surface area contributed by atoms with Crippen molar-refractivity contribution in [2.75, 3.05) is 5.32 Å². The third-order valence-corrected chi connectivity index (χ3v) is 5.36. The monoisotopic (exact) mass is 279 g/mol. The molecular formula is C13H14ClN3O2. The van der Waals surface area contributed by atoms with Crippen molar-refractivity contribution in [2.45, 2.75) is 25.3 Å². The summed E-state index contributed by atoms with van der Waals surface area (Å²) in [7, 11) is 0. The van der Waals surface area contributed by atoms with Gasteiger partial charge in [0, 0.05) is 12.1 Å². The zero-order valence-corrected chi connectivity index (χ0v) is 11.0. The second-order valence-corrected chi connectivity index (χ2v) is 6.35. The Balaban J connectivity index is 1.51. The highest BCUT2D eigenvalue weighted by molar-refractivity contribution is 6.33. The molecule has 3 aliphatic rings. The molecule has 0 aromatic carbocycles. The Bertz CT molecular complexity index is 549. The maximum atomic E-state index is 10.6. The predicted octanol–water partition coefficient (Wildman–Crippen LogP) is 3.10. The SMILES string of the molecule is O=[N+]([O-])c1cnc(NC2C3C4CCC(C4)C23)c(Cl)c1. The van der Waals surface area contributed by atoms with Gasteiger partial charge in [0.1, 0.15) is 12.0 Å². The molecule has 0 amide bonds. The van der Waals surface area contributed by atoms with Gasteiger partial charge in [-0.2, -0.15) is 0 Å². The third kappa shape index (κ3) is 1.64. The number of rotatable bonds is 3. The molecule has 5 nitrogen and oxygen atoms in total. The first kappa shape index (κ1) is 11.5. The van der Waals surface area contributed by atoms with Crippen molar-refractivity contribution in [1.29, 1.82) is 0 Å². The number of nitrogens with zero attached hydrogens (tertiary/aromatic N) is 2. The lowest BCUT2D eigenvalue weighted by Crippen LogP contribution is -2.14. The molecule has 0 spiro atoms. The van der Waals surface area contributed by atoms with E-state index in [4.69, 9.17) is 11.6 Å². The van der Waals surface area contributed by atoms with Crippen molar-refractivity contribution in [1.82, 2.24) is 4.98 Å². The molecule has 3 aliphatic carbocycles. The van der Waals surface area contributed by atoms with Crippen LogP contribution < -0.4 is 5.32 Å². The fourth-order valence-corrected chi connectivity index (χ4v) is 4.53. The summed E-state index contributed by atoms with van der Waals surface area (Å²) >= 11 is 6.06. The van der Waals surface area contributed by atoms with Gasteiger partial charge in [-0.3, -0.25) is 10.1 Å². The topological polar surface area (TPSA) is 68.1 Å². The van der Waals surface area contributed by atoms with E-state index in [2.05, 4.69) is 10.3 Å². The van der Waals surface area contributed by atoms with Crippen molar-refractivity contribution in [3.8, 4) is 0 Å². The van der Waals surface area contributed by atoms with Crippen molar-refractivity contribution >= 4 is 23.1 Å². The zero-order chi connectivity index (χ0) is 13.1. The first-order valence-electron chi connectivity index (χ1n) is 6.71. The van der Waals surface area contributed by atoms with Crippen LogP contribution in [0.25, 0.3) is 0 Å². The van der Waals surface area contributed by atoms with E-state index in [1.165, 1.54) is 31.5 Å². The predicted molar refractivity (Wildman–Crippen MR) is 71.1 cm³/mol. The van der Waals surface area contributed by atoms with Crippen LogP contribution >= 0.6 is 11.6 Å². The molecule has 2 bridgehead atoms. The maximum absolute atomic E-state index is 10.6. The summed E-state index contributed by atoms with van der Waals surface area (Å²) in [4.78, 5) is 14.3. The molecule has 100 valence electrons. The second kappa shape index (κ2) is 3.82. The Hall–Kier alpha value is -1.36. The van der Waals surface area contributed by atoms with Crippen LogP contribution in [0.15, 0.2) is 12.3 Å². The Morgan fingerprint density at radius 2 is 2.05 bits per heavy atom. The largest absolute Gasteiger partial charge is 0.365 e. The summed E-state index contributed by atoms with van der Waals surface area (Å²) in [6.45, 7) is 0. The number of hydrogen-bond acceptors (Lipinski definition) is 4. The van der Waals surface area contributed by atoms with E-state index < -0.39 is 4.92 Å². The minimum atomic E-state index is -0.477. The van der Waals surface area contributed by atoms with E-state index in [-0.39, 0.29) is 5.69 Å². The van der Waals surface area contributed by atoms with Crippen molar-refractivity contribution in [3.05, 3.63) is 27.4 Å². The molecular weight excluding hydrogens is 266 g/mol. The van der Waals surface area contributed by atoms with Crippen molar-refractivity contribution in [3.63, 3.8) is 0 Å². The summed E-state index contributed by atoms with van der Waals surface area (Å²) in [6.07, 6.45) is 5.40. The van der Waals surface area contributed by atoms with Gasteiger partial charge >= 0.3 is 0 Å². The fourth-order valence-electron chi connectivity index (χ4n) is 4.31. The lowest BCUT2D eigenvalue weighted by Gasteiger charge is -2.11. The quantitative estimate of drug-likeness (QED) is 0.682. The van der Waals surface area contributed by atoms with Gasteiger partial charge in [-0.25, -0.2) is 4.98 Å². The van der Waals surface area contributed by atoms with Gasteiger partial charge in [0.05, 0.1) is 9.95 Å². The number of nitro groups is 1. The van der Waals surface area contributed by atoms with Crippen LogP contribution in [0.3, 0.4) is 0 Å². The highest BCUT2D eigenvalue weighted by atomic mass is 35.5. The molecule has 1 aromatic rings. The Kier molecular flexibility index (Phi) is 2.31. The molecule has 4 unspecified atom stereocenters. The first-order valence-corrected chi connectivity index (χ1v) is 7.09. The number of hydrogen-bond donors (Lipinski definition) is 1. The fraction of sp³-hybridized carbons (Fsp3) is 0.615. The van der Waals surface area contributed by atoms with Gasteiger partial charge in [0.2, 0.25) is 0 Å². The van der Waals surface area contributed by atoms with E-state index in [1.807, 2.05) is 0 Å². The summed E-state index contributed by atoms with van der Waals surface area (Å²) in [5, 5.41) is 14.4. The Labute approximate surface area is 115 Å². The van der Waals surface area contributed by atoms with Crippen LogP contribution in [-0.4, -0.2) is 15.9 Å². The molecule has 0 aliphatic heterocycles. The lowest BCUT2D eigenvalue weighted by molar-refractivity contribution is -0.385. The van der Waals surface area contributed by atoms with E-state index in [0.29, 0.717) is 16.9 Å². The van der Waals surface area contributed by atoms with Crippen LogP contribution in [-0.2, 0) is 0 Å². The van der Waals surface area contributed by atoms with Crippen LogP contribution in [0.1, 0.15) is 19.3 Å². The second-order valence-electron chi connectivity index (χ2n) is 5.94. The lowest BCUT2D eigenvalue weighted by atomic mass is 10.0. The minimum absolute atomic E-state index is 0.0633. The highest BCUT2D eigenvalue weighted by Crippen LogP contribution is 2.66. The van der Waals surface area contributed by atoms with E-state index in [0.717, 1.165) is 23.7 Å². The zero-order valence-electron chi connectivity index (χ0n) is 10.3. The van der Waals surface area contributed by atoms with Crippen molar-refractivity contribution in [2.24, 2.45) is 23.7 Å². The number of anilines is 1. The molecule has 6 heteroatoms. The van der Waals surface area contributed by atoms with Gasteiger partial charge in [-0.15, -0.1) is 0 Å². The van der Waals surface area contributed by atoms with Crippen LogP contribution in [0.2, 0.25) is 5.02 Å². The molecule has 0 saturated heterocycles. The smallest absolute Gasteiger partial charge is 0.289 e. The standard InChI is InChI=1S/C13H14ClN3O2/c14-9-4-8(17(18)19)5-15-13(9)16-12-10-6-1-2-7(3-6)11(10)12/h4-7,10-12H,1-3H2,(H,15,16). The summed E-state index contributed by atoms with van der Waals surface area (Å²) in [5.74, 6) is 3.92. The summed E-state index contributed by atoms with van der Waals surface area (Å²) in [6, 6.07) is 1.85. The average Bonchev–Trinajstić information content (AvgIpc) is 2.79. The Morgan fingerprint density at radius 3 is 2.63 bits per heavy atom. The molecule has 1 N–H and O–H groups in total. The Morgan fingerprint density at radius 1 is 1.37 bits per heavy atom. The van der Waals surface area contributed by atoms with Gasteiger partial charge < -0.3 is 5.32 Å². The molecule has 4 atom stereocenters. The van der Waals surface area contributed by atoms with E-state index >= 15 is 0 Å². The average molecular weight is 280 g/mol. The molecule has 3 fully saturated rings. The summed E-state index contributed by atoms with van der Waals surface area (Å²) < 4.78 is 0.